The van der Waals surface area contributed by atoms with Crippen molar-refractivity contribution < 1.29 is 4.79 Å². The van der Waals surface area contributed by atoms with Crippen LogP contribution in [0.5, 0.6) is 0 Å². The third kappa shape index (κ3) is 3.98. The Balaban J connectivity index is 1.37. The topological polar surface area (TPSA) is 52.9 Å². The summed E-state index contributed by atoms with van der Waals surface area (Å²) in [7, 11) is 0. The number of aromatic nitrogens is 2. The number of fused-ring (bicyclic) bond motifs is 3. The van der Waals surface area contributed by atoms with Gasteiger partial charge in [0.1, 0.15) is 0 Å². The fourth-order valence-electron chi connectivity index (χ4n) is 4.55. The molecule has 0 bridgehead atoms. The van der Waals surface area contributed by atoms with E-state index in [1.54, 1.807) is 0 Å². The lowest BCUT2D eigenvalue weighted by Crippen LogP contribution is -2.38. The average Bonchev–Trinajstić information content (AvgIpc) is 3.10. The van der Waals surface area contributed by atoms with Crippen molar-refractivity contribution in [1.29, 1.82) is 0 Å². The number of benzene rings is 2. The summed E-state index contributed by atoms with van der Waals surface area (Å²) in [6.45, 7) is 6.99. The second-order valence-corrected chi connectivity index (χ2v) is 8.90. The van der Waals surface area contributed by atoms with E-state index < -0.39 is 0 Å². The van der Waals surface area contributed by atoms with Crippen LogP contribution in [0.3, 0.4) is 0 Å². The lowest BCUT2D eigenvalue weighted by Gasteiger charge is -2.24. The highest BCUT2D eigenvalue weighted by atomic mass is 35.5. The Morgan fingerprint density at radius 2 is 1.78 bits per heavy atom. The van der Waals surface area contributed by atoms with Crippen LogP contribution in [-0.2, 0) is 0 Å². The second kappa shape index (κ2) is 8.36. The minimum Gasteiger partial charge on any atom is -0.353 e. The van der Waals surface area contributed by atoms with Gasteiger partial charge in [0, 0.05) is 43.1 Å². The van der Waals surface area contributed by atoms with Crippen LogP contribution in [0, 0.1) is 13.8 Å². The molecule has 1 N–H and O–H groups in total. The molecule has 1 aliphatic rings. The van der Waals surface area contributed by atoms with Gasteiger partial charge in [-0.2, -0.15) is 0 Å². The largest absolute Gasteiger partial charge is 0.353 e. The van der Waals surface area contributed by atoms with Crippen molar-refractivity contribution in [3.8, 4) is 0 Å². The highest BCUT2D eigenvalue weighted by molar-refractivity contribution is 6.31. The summed E-state index contributed by atoms with van der Waals surface area (Å²) in [4.78, 5) is 22.1. The molecule has 0 unspecified atom stereocenters. The molecule has 4 aromatic rings. The van der Waals surface area contributed by atoms with Gasteiger partial charge in [-0.05, 0) is 73.9 Å². The molecule has 0 spiro atoms. The van der Waals surface area contributed by atoms with Crippen LogP contribution in [0.2, 0.25) is 5.02 Å². The summed E-state index contributed by atoms with van der Waals surface area (Å²) in [5.74, 6) is 0.932. The molecule has 2 aromatic heterocycles. The number of rotatable bonds is 2. The molecule has 164 valence electrons. The number of nitrogens with one attached hydrogen (secondary N) is 1. The minimum absolute atomic E-state index is 0.0528. The van der Waals surface area contributed by atoms with Gasteiger partial charge in [-0.1, -0.05) is 17.7 Å². The number of halogens is 1. The summed E-state index contributed by atoms with van der Waals surface area (Å²) < 4.78 is 2.16. The van der Waals surface area contributed by atoms with Gasteiger partial charge < -0.3 is 19.5 Å². The number of hydrogen-bond acceptors (Lipinski definition) is 3. The molecule has 1 fully saturated rings. The molecule has 7 heteroatoms. The number of aryl methyl sites for hydroxylation is 2. The van der Waals surface area contributed by atoms with Crippen molar-refractivity contribution in [2.45, 2.75) is 20.3 Å². The number of anilines is 2. The van der Waals surface area contributed by atoms with Crippen LogP contribution in [0.1, 0.15) is 17.5 Å². The van der Waals surface area contributed by atoms with Crippen LogP contribution in [0.25, 0.3) is 16.6 Å². The molecule has 1 aliphatic heterocycles. The zero-order chi connectivity index (χ0) is 22.2. The Hall–Kier alpha value is -3.25. The van der Waals surface area contributed by atoms with Crippen LogP contribution in [0.4, 0.5) is 16.3 Å². The lowest BCUT2D eigenvalue weighted by atomic mass is 10.1. The van der Waals surface area contributed by atoms with E-state index in [2.05, 4.69) is 32.9 Å². The monoisotopic (exact) mass is 447 g/mol. The number of urea groups is 1. The van der Waals surface area contributed by atoms with Gasteiger partial charge in [0.15, 0.2) is 5.82 Å². The van der Waals surface area contributed by atoms with Gasteiger partial charge in [0.2, 0.25) is 0 Å². The van der Waals surface area contributed by atoms with Gasteiger partial charge in [0.05, 0.1) is 16.6 Å². The maximum Gasteiger partial charge on any atom is 0.321 e. The van der Waals surface area contributed by atoms with E-state index in [9.17, 15) is 4.79 Å². The first-order valence-corrected chi connectivity index (χ1v) is 11.3. The highest BCUT2D eigenvalue weighted by Gasteiger charge is 2.22. The average molecular weight is 448 g/mol. The molecular weight excluding hydrogens is 422 g/mol. The first kappa shape index (κ1) is 20.6. The van der Waals surface area contributed by atoms with Crippen molar-refractivity contribution in [3.05, 3.63) is 70.9 Å². The van der Waals surface area contributed by atoms with Crippen LogP contribution in [-0.4, -0.2) is 46.5 Å². The summed E-state index contributed by atoms with van der Waals surface area (Å²) in [5, 5.41) is 3.74. The first-order chi connectivity index (χ1) is 15.5. The Morgan fingerprint density at radius 1 is 0.969 bits per heavy atom. The lowest BCUT2D eigenvalue weighted by molar-refractivity contribution is 0.215. The minimum atomic E-state index is -0.0528. The summed E-state index contributed by atoms with van der Waals surface area (Å²) in [6, 6.07) is 16.0. The number of carbonyl (C=O) groups excluding carboxylic acids is 1. The molecule has 0 atom stereocenters. The molecule has 5 rings (SSSR count). The van der Waals surface area contributed by atoms with Gasteiger partial charge >= 0.3 is 6.03 Å². The summed E-state index contributed by atoms with van der Waals surface area (Å²) >= 11 is 6.23. The molecule has 1 saturated heterocycles. The normalized spacial score (nSPS) is 14.7. The van der Waals surface area contributed by atoms with E-state index in [0.29, 0.717) is 18.1 Å². The van der Waals surface area contributed by atoms with E-state index in [4.69, 9.17) is 16.6 Å². The summed E-state index contributed by atoms with van der Waals surface area (Å²) in [6.07, 6.45) is 2.93. The highest BCUT2D eigenvalue weighted by Crippen LogP contribution is 2.28. The molecule has 3 heterocycles. The van der Waals surface area contributed by atoms with Crippen molar-refractivity contribution >= 4 is 45.7 Å². The Kier molecular flexibility index (Phi) is 5.39. The van der Waals surface area contributed by atoms with E-state index in [-0.39, 0.29) is 6.03 Å². The quantitative estimate of drug-likeness (QED) is 0.441. The number of amides is 2. The third-order valence-electron chi connectivity index (χ3n) is 5.96. The van der Waals surface area contributed by atoms with Crippen molar-refractivity contribution in [3.63, 3.8) is 0 Å². The van der Waals surface area contributed by atoms with E-state index in [1.165, 1.54) is 0 Å². The fourth-order valence-corrected chi connectivity index (χ4v) is 4.72. The number of nitrogens with zero attached hydrogens (tertiary/aromatic N) is 4. The Labute approximate surface area is 192 Å². The molecule has 0 saturated carbocycles. The molecule has 2 aromatic carbocycles. The molecular formula is C25H26ClN5O. The van der Waals surface area contributed by atoms with E-state index in [1.807, 2.05) is 55.1 Å². The zero-order valence-corrected chi connectivity index (χ0v) is 19.1. The second-order valence-electron chi connectivity index (χ2n) is 8.47. The molecule has 32 heavy (non-hydrogen) atoms. The molecule has 6 nitrogen and oxygen atoms in total. The van der Waals surface area contributed by atoms with Gasteiger partial charge in [0.25, 0.3) is 0 Å². The van der Waals surface area contributed by atoms with Crippen LogP contribution >= 0.6 is 11.6 Å². The van der Waals surface area contributed by atoms with Gasteiger partial charge in [-0.25, -0.2) is 9.78 Å². The Bertz CT molecular complexity index is 1290. The standard InChI is InChI=1S/C25H26ClN5O/c1-17-13-18(2)15-20(14-17)27-25(32)30-9-4-8-29(11-12-30)24-23-5-3-10-31(23)22-7-6-19(26)16-21(22)28-24/h3,5-7,10,13-16H,4,8-9,11-12H2,1-2H3,(H,27,32). The SMILES string of the molecule is Cc1cc(C)cc(NC(=O)N2CCCN(c3nc4cc(Cl)ccc4n4cccc34)CC2)c1. The third-order valence-corrected chi connectivity index (χ3v) is 6.19. The van der Waals surface area contributed by atoms with Crippen LogP contribution in [0.15, 0.2) is 54.7 Å². The molecule has 0 radical (unpaired) electrons. The van der Waals surface area contributed by atoms with Gasteiger partial charge in [-0.15, -0.1) is 0 Å². The molecule has 2 amide bonds. The van der Waals surface area contributed by atoms with E-state index >= 15 is 0 Å². The predicted octanol–water partition coefficient (Wildman–Crippen LogP) is 5.50. The predicted molar refractivity (Wildman–Crippen MR) is 131 cm³/mol. The van der Waals surface area contributed by atoms with Crippen LogP contribution < -0.4 is 10.2 Å². The van der Waals surface area contributed by atoms with Crippen molar-refractivity contribution in [1.82, 2.24) is 14.3 Å². The Morgan fingerprint density at radius 3 is 2.59 bits per heavy atom. The summed E-state index contributed by atoms with van der Waals surface area (Å²) in [5.41, 5.74) is 6.08. The maximum absolute atomic E-state index is 12.9. The fraction of sp³-hybridized carbons (Fsp3) is 0.280. The molecule has 0 aliphatic carbocycles. The van der Waals surface area contributed by atoms with Crippen molar-refractivity contribution in [2.75, 3.05) is 36.4 Å². The zero-order valence-electron chi connectivity index (χ0n) is 18.3. The number of hydrogen-bond donors (Lipinski definition) is 1. The first-order valence-electron chi connectivity index (χ1n) is 10.9. The smallest absolute Gasteiger partial charge is 0.321 e. The van der Waals surface area contributed by atoms with Gasteiger partial charge in [-0.3, -0.25) is 0 Å². The number of carbonyl (C=O) groups is 1. The van der Waals surface area contributed by atoms with Crippen molar-refractivity contribution in [2.24, 2.45) is 0 Å². The maximum atomic E-state index is 12.9. The van der Waals surface area contributed by atoms with E-state index in [0.717, 1.165) is 58.7 Å².